The first-order valence-electron chi connectivity index (χ1n) is 14.9. The normalized spacial score (nSPS) is 18.3. The molecule has 3 aromatic carbocycles. The molecule has 228 valence electrons. The second kappa shape index (κ2) is 13.2. The van der Waals surface area contributed by atoms with E-state index in [9.17, 15) is 5.11 Å². The lowest BCUT2D eigenvalue weighted by atomic mass is 9.87. The first-order chi connectivity index (χ1) is 20.6. The Labute approximate surface area is 254 Å². The van der Waals surface area contributed by atoms with Gasteiger partial charge in [0.2, 0.25) is 0 Å². The van der Waals surface area contributed by atoms with Crippen molar-refractivity contribution >= 4 is 22.3 Å². The molecule has 1 aliphatic heterocycles. The van der Waals surface area contributed by atoms with E-state index < -0.39 is 6.10 Å². The number of pyridine rings is 1. The summed E-state index contributed by atoms with van der Waals surface area (Å²) in [5.74, 6) is 2.43. The fraction of sp³-hybridized carbons (Fsp3) is 0.400. The SMILES string of the molecule is COc1cc2c(Oc3ccc(Nc4ccc(C(C)(C)C)cc4)cc3)ccnc2cc1OCC(O)CN1CC(C)OC(C)C1. The van der Waals surface area contributed by atoms with Crippen LogP contribution in [-0.2, 0) is 10.2 Å². The van der Waals surface area contributed by atoms with Crippen molar-refractivity contribution < 1.29 is 24.1 Å². The third kappa shape index (κ3) is 7.96. The number of ether oxygens (including phenoxy) is 4. The van der Waals surface area contributed by atoms with Crippen LogP contribution in [0.3, 0.4) is 0 Å². The highest BCUT2D eigenvalue weighted by atomic mass is 16.5. The lowest BCUT2D eigenvalue weighted by molar-refractivity contribution is -0.0787. The molecule has 8 nitrogen and oxygen atoms in total. The number of morpholine rings is 1. The van der Waals surface area contributed by atoms with Crippen LogP contribution in [0.25, 0.3) is 10.9 Å². The minimum atomic E-state index is -0.652. The van der Waals surface area contributed by atoms with Crippen LogP contribution in [0, 0.1) is 0 Å². The number of hydrogen-bond donors (Lipinski definition) is 2. The molecule has 0 aliphatic carbocycles. The average molecular weight is 586 g/mol. The van der Waals surface area contributed by atoms with E-state index in [-0.39, 0.29) is 24.2 Å². The molecule has 0 bridgehead atoms. The molecule has 2 N–H and O–H groups in total. The van der Waals surface area contributed by atoms with Crippen molar-refractivity contribution in [3.05, 3.63) is 78.5 Å². The number of methoxy groups -OCH3 is 1. The zero-order valence-electron chi connectivity index (χ0n) is 26.0. The number of aliphatic hydroxyl groups is 1. The van der Waals surface area contributed by atoms with Gasteiger partial charge in [-0.1, -0.05) is 32.9 Å². The average Bonchev–Trinajstić information content (AvgIpc) is 2.96. The lowest BCUT2D eigenvalue weighted by Crippen LogP contribution is -2.48. The van der Waals surface area contributed by atoms with Gasteiger partial charge in [0.05, 0.1) is 24.8 Å². The Morgan fingerprint density at radius 2 is 1.58 bits per heavy atom. The van der Waals surface area contributed by atoms with Crippen LogP contribution in [0.4, 0.5) is 11.4 Å². The number of fused-ring (bicyclic) bond motifs is 1. The molecule has 43 heavy (non-hydrogen) atoms. The van der Waals surface area contributed by atoms with Crippen LogP contribution in [0.15, 0.2) is 72.9 Å². The highest BCUT2D eigenvalue weighted by molar-refractivity contribution is 5.88. The monoisotopic (exact) mass is 585 g/mol. The number of nitrogens with one attached hydrogen (secondary N) is 1. The predicted molar refractivity (Wildman–Crippen MR) is 171 cm³/mol. The molecule has 1 aromatic heterocycles. The molecule has 1 fully saturated rings. The molecule has 0 radical (unpaired) electrons. The van der Waals surface area contributed by atoms with E-state index in [0.29, 0.717) is 35.1 Å². The minimum Gasteiger partial charge on any atom is -0.493 e. The van der Waals surface area contributed by atoms with Gasteiger partial charge in [-0.25, -0.2) is 0 Å². The Morgan fingerprint density at radius 1 is 0.930 bits per heavy atom. The summed E-state index contributed by atoms with van der Waals surface area (Å²) < 4.78 is 23.7. The van der Waals surface area contributed by atoms with Crippen LogP contribution >= 0.6 is 0 Å². The van der Waals surface area contributed by atoms with Crippen LogP contribution < -0.4 is 19.5 Å². The zero-order valence-corrected chi connectivity index (χ0v) is 26.0. The molecule has 0 spiro atoms. The molecule has 4 aromatic rings. The van der Waals surface area contributed by atoms with Crippen LogP contribution in [0.1, 0.15) is 40.2 Å². The lowest BCUT2D eigenvalue weighted by Gasteiger charge is -2.36. The molecule has 0 amide bonds. The fourth-order valence-electron chi connectivity index (χ4n) is 5.41. The van der Waals surface area contributed by atoms with Gasteiger partial charge < -0.3 is 29.4 Å². The van der Waals surface area contributed by atoms with Crippen molar-refractivity contribution in [1.82, 2.24) is 9.88 Å². The van der Waals surface area contributed by atoms with Crippen molar-refractivity contribution in [2.24, 2.45) is 0 Å². The minimum absolute atomic E-state index is 0.122. The van der Waals surface area contributed by atoms with Gasteiger partial charge >= 0.3 is 0 Å². The number of rotatable bonds is 10. The summed E-state index contributed by atoms with van der Waals surface area (Å²) in [6.07, 6.45) is 1.35. The summed E-state index contributed by atoms with van der Waals surface area (Å²) in [4.78, 5) is 6.74. The van der Waals surface area contributed by atoms with Crippen molar-refractivity contribution in [3.8, 4) is 23.0 Å². The maximum Gasteiger partial charge on any atom is 0.163 e. The van der Waals surface area contributed by atoms with Gasteiger partial charge in [-0.2, -0.15) is 0 Å². The zero-order chi connectivity index (χ0) is 30.6. The van der Waals surface area contributed by atoms with E-state index in [1.165, 1.54) is 5.56 Å². The maximum absolute atomic E-state index is 10.7. The van der Waals surface area contributed by atoms with Gasteiger partial charge in [0, 0.05) is 48.7 Å². The molecule has 3 atom stereocenters. The van der Waals surface area contributed by atoms with Crippen molar-refractivity contribution in [2.45, 2.75) is 58.3 Å². The van der Waals surface area contributed by atoms with E-state index in [0.717, 1.165) is 29.9 Å². The molecule has 5 rings (SSSR count). The highest BCUT2D eigenvalue weighted by Crippen LogP contribution is 2.37. The Kier molecular flexibility index (Phi) is 9.40. The largest absolute Gasteiger partial charge is 0.493 e. The predicted octanol–water partition coefficient (Wildman–Crippen LogP) is 6.93. The number of benzene rings is 3. The van der Waals surface area contributed by atoms with E-state index in [2.05, 4.69) is 74.1 Å². The van der Waals surface area contributed by atoms with Crippen molar-refractivity contribution in [1.29, 1.82) is 0 Å². The molecular formula is C35H43N3O5. The first kappa shape index (κ1) is 30.6. The molecular weight excluding hydrogens is 542 g/mol. The summed E-state index contributed by atoms with van der Waals surface area (Å²) in [5.41, 5.74) is 4.13. The van der Waals surface area contributed by atoms with Crippen LogP contribution in [0.5, 0.6) is 23.0 Å². The Balaban J connectivity index is 1.24. The number of anilines is 2. The van der Waals surface area contributed by atoms with E-state index in [1.54, 1.807) is 13.3 Å². The van der Waals surface area contributed by atoms with Gasteiger partial charge in [0.1, 0.15) is 24.2 Å². The standard InChI is InChI=1S/C35H43N3O5/c1-23-19-38(20-24(2)42-23)21-28(39)22-41-34-18-31-30(17-33(34)40-6)32(15-16-36-31)43-29-13-11-27(12-14-29)37-26-9-7-25(8-10-26)35(3,4)5/h7-18,23-24,28,37,39H,19-22H2,1-6H3. The number of aliphatic hydroxyl groups excluding tert-OH is 1. The van der Waals surface area contributed by atoms with E-state index in [1.807, 2.05) is 42.5 Å². The third-order valence-corrected chi connectivity index (χ3v) is 7.50. The molecule has 1 aliphatic rings. The second-order valence-corrected chi connectivity index (χ2v) is 12.3. The van der Waals surface area contributed by atoms with E-state index >= 15 is 0 Å². The van der Waals surface area contributed by atoms with Crippen LogP contribution in [-0.4, -0.2) is 66.7 Å². The van der Waals surface area contributed by atoms with E-state index in [4.69, 9.17) is 18.9 Å². The first-order valence-corrected chi connectivity index (χ1v) is 14.9. The van der Waals surface area contributed by atoms with Gasteiger partial charge in [-0.05, 0) is 73.4 Å². The molecule has 2 heterocycles. The number of nitrogens with zero attached hydrogens (tertiary/aromatic N) is 2. The molecule has 0 saturated carbocycles. The van der Waals surface area contributed by atoms with Gasteiger partial charge in [-0.3, -0.25) is 9.88 Å². The topological polar surface area (TPSA) is 85.3 Å². The molecule has 3 unspecified atom stereocenters. The summed E-state index contributed by atoms with van der Waals surface area (Å²) in [5, 5.41) is 14.9. The quantitative estimate of drug-likeness (QED) is 0.207. The fourth-order valence-corrected chi connectivity index (χ4v) is 5.41. The second-order valence-electron chi connectivity index (χ2n) is 12.3. The molecule has 1 saturated heterocycles. The number of β-amino-alcohol motifs (C(OH)–C–C–N with tert-alkyl or cyclic N) is 1. The number of hydrogen-bond acceptors (Lipinski definition) is 8. The van der Waals surface area contributed by atoms with Crippen molar-refractivity contribution in [3.63, 3.8) is 0 Å². The summed E-state index contributed by atoms with van der Waals surface area (Å²) in [7, 11) is 1.60. The molecule has 8 heteroatoms. The Hall–Kier alpha value is -3.85. The highest BCUT2D eigenvalue weighted by Gasteiger charge is 2.24. The van der Waals surface area contributed by atoms with Crippen molar-refractivity contribution in [2.75, 3.05) is 38.7 Å². The maximum atomic E-state index is 10.7. The Morgan fingerprint density at radius 3 is 2.21 bits per heavy atom. The third-order valence-electron chi connectivity index (χ3n) is 7.50. The van der Waals surface area contributed by atoms with Gasteiger partial charge in [0.25, 0.3) is 0 Å². The van der Waals surface area contributed by atoms with Crippen LogP contribution in [0.2, 0.25) is 0 Å². The van der Waals surface area contributed by atoms with Gasteiger partial charge in [0.15, 0.2) is 11.5 Å². The summed E-state index contributed by atoms with van der Waals surface area (Å²) >= 11 is 0. The van der Waals surface area contributed by atoms with Gasteiger partial charge in [-0.15, -0.1) is 0 Å². The number of aromatic nitrogens is 1. The smallest absolute Gasteiger partial charge is 0.163 e. The summed E-state index contributed by atoms with van der Waals surface area (Å²) in [6, 6.07) is 21.9. The Bertz CT molecular complexity index is 1490. The summed E-state index contributed by atoms with van der Waals surface area (Å²) in [6.45, 7) is 13.0.